The van der Waals surface area contributed by atoms with Crippen LogP contribution in [-0.2, 0) is 4.74 Å². The van der Waals surface area contributed by atoms with E-state index in [1.54, 1.807) is 0 Å². The Kier molecular flexibility index (Phi) is 5.97. The van der Waals surface area contributed by atoms with Crippen molar-refractivity contribution < 1.29 is 9.53 Å². The van der Waals surface area contributed by atoms with E-state index in [0.717, 1.165) is 11.3 Å². The number of carbonyl (C=O) groups is 1. The molecule has 2 nitrogen and oxygen atoms in total. The molecule has 0 saturated heterocycles. The van der Waals surface area contributed by atoms with Crippen LogP contribution in [0.4, 0.5) is 0 Å². The van der Waals surface area contributed by atoms with Gasteiger partial charge in [-0.25, -0.2) is 0 Å². The van der Waals surface area contributed by atoms with Crippen molar-refractivity contribution in [2.45, 2.75) is 19.8 Å². The van der Waals surface area contributed by atoms with Gasteiger partial charge in [0.1, 0.15) is 0 Å². The van der Waals surface area contributed by atoms with Gasteiger partial charge in [-0.05, 0) is 24.8 Å². The molecule has 1 heterocycles. The molecule has 0 fully saturated rings. The van der Waals surface area contributed by atoms with Crippen molar-refractivity contribution in [3.63, 3.8) is 0 Å². The third kappa shape index (κ3) is 4.91. The summed E-state index contributed by atoms with van der Waals surface area (Å²) in [5, 5.41) is 1.93. The average molecular weight is 224 g/mol. The molecular formula is C12H16O2S. The number of ketones is 1. The molecule has 0 aliphatic heterocycles. The first-order valence-electron chi connectivity index (χ1n) is 5.10. The molecule has 0 amide bonds. The standard InChI is InChI=1S/C12H16O2S/c1-2-3-8-14-9-4-6-11(13)12-7-5-10-15-12/h2-3,5,7,10H,4,6,8-9H2,1H3. The lowest BCUT2D eigenvalue weighted by atomic mass is 10.2. The lowest BCUT2D eigenvalue weighted by Gasteiger charge is -1.99. The molecule has 82 valence electrons. The maximum absolute atomic E-state index is 11.5. The number of carbonyl (C=O) groups excluding carboxylic acids is 1. The second-order valence-corrected chi connectivity index (χ2v) is 4.10. The van der Waals surface area contributed by atoms with Gasteiger partial charge in [-0.1, -0.05) is 18.2 Å². The van der Waals surface area contributed by atoms with E-state index in [-0.39, 0.29) is 5.78 Å². The van der Waals surface area contributed by atoms with E-state index in [4.69, 9.17) is 4.74 Å². The fourth-order valence-electron chi connectivity index (χ4n) is 1.14. The highest BCUT2D eigenvalue weighted by molar-refractivity contribution is 7.12. The zero-order chi connectivity index (χ0) is 10.9. The van der Waals surface area contributed by atoms with Crippen LogP contribution in [0.2, 0.25) is 0 Å². The van der Waals surface area contributed by atoms with Crippen molar-refractivity contribution in [2.75, 3.05) is 13.2 Å². The highest BCUT2D eigenvalue weighted by Gasteiger charge is 2.05. The Bertz CT molecular complexity index is 301. The molecule has 0 bridgehead atoms. The third-order valence-electron chi connectivity index (χ3n) is 1.94. The highest BCUT2D eigenvalue weighted by atomic mass is 32.1. The summed E-state index contributed by atoms with van der Waals surface area (Å²) in [7, 11) is 0. The maximum Gasteiger partial charge on any atom is 0.172 e. The summed E-state index contributed by atoms with van der Waals surface area (Å²) in [5.41, 5.74) is 0. The quantitative estimate of drug-likeness (QED) is 0.403. The van der Waals surface area contributed by atoms with Gasteiger partial charge >= 0.3 is 0 Å². The molecule has 0 aliphatic carbocycles. The number of rotatable bonds is 7. The molecule has 0 aromatic carbocycles. The fraction of sp³-hybridized carbons (Fsp3) is 0.417. The zero-order valence-corrected chi connectivity index (χ0v) is 9.76. The van der Waals surface area contributed by atoms with Crippen LogP contribution in [0.5, 0.6) is 0 Å². The van der Waals surface area contributed by atoms with Gasteiger partial charge in [0.15, 0.2) is 5.78 Å². The van der Waals surface area contributed by atoms with Gasteiger partial charge in [-0.15, -0.1) is 11.3 Å². The van der Waals surface area contributed by atoms with Crippen molar-refractivity contribution in [1.82, 2.24) is 0 Å². The Balaban J connectivity index is 2.08. The van der Waals surface area contributed by atoms with Crippen LogP contribution in [0.3, 0.4) is 0 Å². The number of thiophene rings is 1. The van der Waals surface area contributed by atoms with Crippen molar-refractivity contribution in [1.29, 1.82) is 0 Å². The Morgan fingerprint density at radius 1 is 1.60 bits per heavy atom. The summed E-state index contributed by atoms with van der Waals surface area (Å²) in [4.78, 5) is 12.4. The number of Topliss-reactive ketones (excluding diaryl/α,β-unsaturated/α-hetero) is 1. The van der Waals surface area contributed by atoms with E-state index < -0.39 is 0 Å². The topological polar surface area (TPSA) is 26.3 Å². The molecule has 1 aromatic heterocycles. The molecule has 0 atom stereocenters. The molecule has 0 unspecified atom stereocenters. The summed E-state index contributed by atoms with van der Waals surface area (Å²) < 4.78 is 5.31. The molecule has 3 heteroatoms. The van der Waals surface area contributed by atoms with Gasteiger partial charge in [0.2, 0.25) is 0 Å². The van der Waals surface area contributed by atoms with Gasteiger partial charge in [-0.3, -0.25) is 4.79 Å². The van der Waals surface area contributed by atoms with Crippen LogP contribution < -0.4 is 0 Å². The molecule has 0 N–H and O–H groups in total. The lowest BCUT2D eigenvalue weighted by molar-refractivity contribution is 0.0958. The average Bonchev–Trinajstić information content (AvgIpc) is 2.76. The van der Waals surface area contributed by atoms with Crippen molar-refractivity contribution in [3.8, 4) is 0 Å². The molecule has 0 spiro atoms. The van der Waals surface area contributed by atoms with Crippen LogP contribution in [0.25, 0.3) is 0 Å². The van der Waals surface area contributed by atoms with Crippen LogP contribution in [-0.4, -0.2) is 19.0 Å². The molecular weight excluding hydrogens is 208 g/mol. The van der Waals surface area contributed by atoms with Gasteiger partial charge < -0.3 is 4.74 Å². The predicted molar refractivity (Wildman–Crippen MR) is 63.5 cm³/mol. The molecule has 0 radical (unpaired) electrons. The van der Waals surface area contributed by atoms with E-state index in [9.17, 15) is 4.79 Å². The summed E-state index contributed by atoms with van der Waals surface area (Å²) in [6.45, 7) is 3.26. The van der Waals surface area contributed by atoms with Crippen molar-refractivity contribution in [3.05, 3.63) is 34.5 Å². The van der Waals surface area contributed by atoms with E-state index in [1.165, 1.54) is 11.3 Å². The minimum atomic E-state index is 0.222. The first-order valence-corrected chi connectivity index (χ1v) is 5.98. The van der Waals surface area contributed by atoms with E-state index >= 15 is 0 Å². The number of ether oxygens (including phenoxy) is 1. The smallest absolute Gasteiger partial charge is 0.172 e. The fourth-order valence-corrected chi connectivity index (χ4v) is 1.84. The normalized spacial score (nSPS) is 11.0. The second-order valence-electron chi connectivity index (χ2n) is 3.15. The van der Waals surface area contributed by atoms with Gasteiger partial charge in [0.25, 0.3) is 0 Å². The Morgan fingerprint density at radius 3 is 3.13 bits per heavy atom. The minimum absolute atomic E-state index is 0.222. The largest absolute Gasteiger partial charge is 0.377 e. The Morgan fingerprint density at radius 2 is 2.47 bits per heavy atom. The zero-order valence-electron chi connectivity index (χ0n) is 8.94. The van der Waals surface area contributed by atoms with Crippen LogP contribution >= 0.6 is 11.3 Å². The highest BCUT2D eigenvalue weighted by Crippen LogP contribution is 2.12. The van der Waals surface area contributed by atoms with Crippen LogP contribution in [0.15, 0.2) is 29.7 Å². The van der Waals surface area contributed by atoms with E-state index in [1.807, 2.05) is 36.6 Å². The van der Waals surface area contributed by atoms with Crippen LogP contribution in [0, 0.1) is 0 Å². The molecule has 1 rings (SSSR count). The molecule has 0 saturated carbocycles. The predicted octanol–water partition coefficient (Wildman–Crippen LogP) is 3.30. The van der Waals surface area contributed by atoms with Crippen molar-refractivity contribution >= 4 is 17.1 Å². The first-order chi connectivity index (χ1) is 7.34. The summed E-state index contributed by atoms with van der Waals surface area (Å²) in [6.07, 6.45) is 5.29. The molecule has 0 aliphatic rings. The van der Waals surface area contributed by atoms with Gasteiger partial charge in [0, 0.05) is 13.0 Å². The minimum Gasteiger partial charge on any atom is -0.377 e. The number of allylic oxidation sites excluding steroid dienone is 1. The Labute approximate surface area is 94.6 Å². The SMILES string of the molecule is CC=CCOCCCC(=O)c1cccs1. The van der Waals surface area contributed by atoms with Gasteiger partial charge in [0.05, 0.1) is 11.5 Å². The lowest BCUT2D eigenvalue weighted by Crippen LogP contribution is -2.00. The number of hydrogen-bond donors (Lipinski definition) is 0. The van der Waals surface area contributed by atoms with Gasteiger partial charge in [-0.2, -0.15) is 0 Å². The Hall–Kier alpha value is -0.930. The molecule has 1 aromatic rings. The van der Waals surface area contributed by atoms with E-state index in [0.29, 0.717) is 19.6 Å². The third-order valence-corrected chi connectivity index (χ3v) is 2.85. The molecule has 15 heavy (non-hydrogen) atoms. The second kappa shape index (κ2) is 7.37. The summed E-state index contributed by atoms with van der Waals surface area (Å²) in [5.74, 6) is 0.222. The first kappa shape index (κ1) is 12.1. The maximum atomic E-state index is 11.5. The summed E-state index contributed by atoms with van der Waals surface area (Å²) >= 11 is 1.50. The number of hydrogen-bond acceptors (Lipinski definition) is 3. The van der Waals surface area contributed by atoms with Crippen molar-refractivity contribution in [2.24, 2.45) is 0 Å². The monoisotopic (exact) mass is 224 g/mol. The van der Waals surface area contributed by atoms with Crippen LogP contribution in [0.1, 0.15) is 29.4 Å². The van der Waals surface area contributed by atoms with E-state index in [2.05, 4.69) is 0 Å². The summed E-state index contributed by atoms with van der Waals surface area (Å²) in [6, 6.07) is 3.77.